The Balaban J connectivity index is 2.72. The van der Waals surface area contributed by atoms with Crippen molar-refractivity contribution in [2.24, 2.45) is 5.73 Å². The zero-order valence-electron chi connectivity index (χ0n) is 6.68. The molecule has 0 saturated carbocycles. The lowest BCUT2D eigenvalue weighted by Crippen LogP contribution is -2.28. The summed E-state index contributed by atoms with van der Waals surface area (Å²) in [5, 5.41) is 2.32. The molecule has 5 heteroatoms. The number of halogens is 2. The lowest BCUT2D eigenvalue weighted by molar-refractivity contribution is 0.248. The fraction of sp³-hybridized carbons (Fsp3) is 0.125. The molecule has 0 unspecified atom stereocenters. The highest BCUT2D eigenvalue weighted by Crippen LogP contribution is 2.11. The summed E-state index contributed by atoms with van der Waals surface area (Å²) in [7, 11) is 0. The third-order valence-electron chi connectivity index (χ3n) is 1.47. The fourth-order valence-electron chi connectivity index (χ4n) is 0.847. The molecule has 3 nitrogen and oxygen atoms in total. The van der Waals surface area contributed by atoms with Crippen LogP contribution in [0, 0.1) is 9.39 Å². The van der Waals surface area contributed by atoms with Crippen molar-refractivity contribution in [1.29, 1.82) is 0 Å². The first kappa shape index (κ1) is 10.2. The predicted octanol–water partition coefficient (Wildman–Crippen LogP) is 1.60. The minimum Gasteiger partial charge on any atom is -0.352 e. The number of rotatable bonds is 2. The minimum absolute atomic E-state index is 0.123. The third-order valence-corrected chi connectivity index (χ3v) is 2.14. The number of hydrogen-bond donors (Lipinski definition) is 2. The Morgan fingerprint density at radius 1 is 1.62 bits per heavy atom. The molecule has 2 amide bonds. The van der Waals surface area contributed by atoms with Gasteiger partial charge in [0.05, 0.1) is 0 Å². The number of benzene rings is 1. The molecular formula is C8H8FIN2O. The summed E-state index contributed by atoms with van der Waals surface area (Å²) >= 11 is 2.01. The Bertz CT molecular complexity index is 330. The van der Waals surface area contributed by atoms with E-state index in [-0.39, 0.29) is 12.4 Å². The quantitative estimate of drug-likeness (QED) is 0.800. The van der Waals surface area contributed by atoms with Crippen LogP contribution in [-0.2, 0) is 6.54 Å². The van der Waals surface area contributed by atoms with Gasteiger partial charge in [0.2, 0.25) is 0 Å². The zero-order valence-corrected chi connectivity index (χ0v) is 8.84. The van der Waals surface area contributed by atoms with Crippen molar-refractivity contribution in [3.63, 3.8) is 0 Å². The van der Waals surface area contributed by atoms with Crippen LogP contribution in [0.1, 0.15) is 5.56 Å². The van der Waals surface area contributed by atoms with Gasteiger partial charge in [-0.3, -0.25) is 0 Å². The first-order chi connectivity index (χ1) is 6.09. The Kier molecular flexibility index (Phi) is 3.47. The molecule has 3 N–H and O–H groups in total. The van der Waals surface area contributed by atoms with Crippen molar-refractivity contribution in [1.82, 2.24) is 5.32 Å². The van der Waals surface area contributed by atoms with E-state index in [9.17, 15) is 9.18 Å². The van der Waals surface area contributed by atoms with Gasteiger partial charge >= 0.3 is 6.03 Å². The first-order valence-electron chi connectivity index (χ1n) is 3.57. The minimum atomic E-state index is -0.655. The second-order valence-corrected chi connectivity index (χ2v) is 3.70. The Morgan fingerprint density at radius 3 is 2.85 bits per heavy atom. The molecule has 70 valence electrons. The van der Waals surface area contributed by atoms with Crippen molar-refractivity contribution in [3.8, 4) is 0 Å². The van der Waals surface area contributed by atoms with E-state index in [1.807, 2.05) is 22.6 Å². The topological polar surface area (TPSA) is 55.1 Å². The van der Waals surface area contributed by atoms with Crippen LogP contribution in [0.5, 0.6) is 0 Å². The van der Waals surface area contributed by atoms with Crippen LogP contribution < -0.4 is 11.1 Å². The molecule has 1 rings (SSSR count). The van der Waals surface area contributed by atoms with Gasteiger partial charge in [0.1, 0.15) is 5.82 Å². The Labute approximate surface area is 88.6 Å². The van der Waals surface area contributed by atoms with Crippen LogP contribution in [0.2, 0.25) is 0 Å². The van der Waals surface area contributed by atoms with Crippen molar-refractivity contribution >= 4 is 28.6 Å². The highest BCUT2D eigenvalue weighted by molar-refractivity contribution is 14.1. The number of carbonyl (C=O) groups is 1. The van der Waals surface area contributed by atoms with E-state index < -0.39 is 6.03 Å². The Hall–Kier alpha value is -0.850. The SMILES string of the molecule is NC(=O)NCc1ccc(I)cc1F. The maximum atomic E-state index is 13.1. The van der Waals surface area contributed by atoms with Gasteiger partial charge in [-0.05, 0) is 34.7 Å². The van der Waals surface area contributed by atoms with Crippen LogP contribution in [0.3, 0.4) is 0 Å². The van der Waals surface area contributed by atoms with Gasteiger partial charge in [-0.15, -0.1) is 0 Å². The highest BCUT2D eigenvalue weighted by atomic mass is 127. The van der Waals surface area contributed by atoms with Crippen LogP contribution in [-0.4, -0.2) is 6.03 Å². The van der Waals surface area contributed by atoms with Gasteiger partial charge in [0, 0.05) is 15.7 Å². The number of primary amides is 1. The van der Waals surface area contributed by atoms with Gasteiger partial charge in [-0.2, -0.15) is 0 Å². The van der Waals surface area contributed by atoms with Gasteiger partial charge in [0.15, 0.2) is 0 Å². The molecule has 0 fully saturated rings. The molecule has 13 heavy (non-hydrogen) atoms. The number of nitrogens with one attached hydrogen (secondary N) is 1. The number of carbonyl (C=O) groups excluding carboxylic acids is 1. The fourth-order valence-corrected chi connectivity index (χ4v) is 1.30. The molecule has 0 saturated heterocycles. The van der Waals surface area contributed by atoms with E-state index in [1.165, 1.54) is 6.07 Å². The van der Waals surface area contributed by atoms with E-state index >= 15 is 0 Å². The maximum Gasteiger partial charge on any atom is 0.312 e. The average molecular weight is 294 g/mol. The maximum absolute atomic E-state index is 13.1. The lowest BCUT2D eigenvalue weighted by atomic mass is 10.2. The van der Waals surface area contributed by atoms with Crippen LogP contribution in [0.15, 0.2) is 18.2 Å². The molecule has 1 aromatic carbocycles. The predicted molar refractivity (Wildman–Crippen MR) is 55.5 cm³/mol. The second-order valence-electron chi connectivity index (χ2n) is 2.45. The molecular weight excluding hydrogens is 286 g/mol. The molecule has 0 aliphatic carbocycles. The highest BCUT2D eigenvalue weighted by Gasteiger charge is 2.02. The summed E-state index contributed by atoms with van der Waals surface area (Å²) in [4.78, 5) is 10.3. The van der Waals surface area contributed by atoms with Gasteiger partial charge in [0.25, 0.3) is 0 Å². The molecule has 0 aliphatic rings. The normalized spacial score (nSPS) is 9.69. The standard InChI is InChI=1S/C8H8FIN2O/c9-7-3-6(10)2-1-5(7)4-12-8(11)13/h1-3H,4H2,(H3,11,12,13). The molecule has 0 radical (unpaired) electrons. The van der Waals surface area contributed by atoms with Crippen LogP contribution in [0.4, 0.5) is 9.18 Å². The van der Waals surface area contributed by atoms with Crippen LogP contribution >= 0.6 is 22.6 Å². The molecule has 0 atom stereocenters. The molecule has 0 aromatic heterocycles. The van der Waals surface area contributed by atoms with E-state index in [0.717, 1.165) is 3.57 Å². The lowest BCUT2D eigenvalue weighted by Gasteiger charge is -2.03. The second kappa shape index (κ2) is 4.40. The molecule has 0 spiro atoms. The smallest absolute Gasteiger partial charge is 0.312 e. The molecule has 0 heterocycles. The monoisotopic (exact) mass is 294 g/mol. The average Bonchev–Trinajstić information content (AvgIpc) is 2.02. The molecule has 0 bridgehead atoms. The summed E-state index contributed by atoms with van der Waals surface area (Å²) in [6.07, 6.45) is 0. The Morgan fingerprint density at radius 2 is 2.31 bits per heavy atom. The van der Waals surface area contributed by atoms with E-state index in [4.69, 9.17) is 5.73 Å². The van der Waals surface area contributed by atoms with Crippen molar-refractivity contribution in [2.45, 2.75) is 6.54 Å². The summed E-state index contributed by atoms with van der Waals surface area (Å²) in [5.41, 5.74) is 5.28. The number of hydrogen-bond acceptors (Lipinski definition) is 1. The molecule has 0 aliphatic heterocycles. The zero-order chi connectivity index (χ0) is 9.84. The van der Waals surface area contributed by atoms with Gasteiger partial charge < -0.3 is 11.1 Å². The summed E-state index contributed by atoms with van der Waals surface area (Å²) < 4.78 is 13.9. The number of urea groups is 1. The van der Waals surface area contributed by atoms with E-state index in [2.05, 4.69) is 5.32 Å². The third kappa shape index (κ3) is 3.17. The van der Waals surface area contributed by atoms with Crippen LogP contribution in [0.25, 0.3) is 0 Å². The number of amides is 2. The van der Waals surface area contributed by atoms with Crippen molar-refractivity contribution < 1.29 is 9.18 Å². The van der Waals surface area contributed by atoms with Crippen molar-refractivity contribution in [3.05, 3.63) is 33.1 Å². The van der Waals surface area contributed by atoms with E-state index in [0.29, 0.717) is 5.56 Å². The number of nitrogens with two attached hydrogens (primary N) is 1. The summed E-state index contributed by atoms with van der Waals surface area (Å²) in [6, 6.07) is 4.13. The van der Waals surface area contributed by atoms with Gasteiger partial charge in [-0.25, -0.2) is 9.18 Å². The summed E-state index contributed by atoms with van der Waals surface area (Å²) in [6.45, 7) is 0.123. The van der Waals surface area contributed by atoms with Gasteiger partial charge in [-0.1, -0.05) is 6.07 Å². The van der Waals surface area contributed by atoms with E-state index in [1.54, 1.807) is 12.1 Å². The largest absolute Gasteiger partial charge is 0.352 e. The first-order valence-corrected chi connectivity index (χ1v) is 4.64. The summed E-state index contributed by atoms with van der Waals surface area (Å²) in [5.74, 6) is -0.333. The molecule has 1 aromatic rings. The van der Waals surface area contributed by atoms with Crippen molar-refractivity contribution in [2.75, 3.05) is 0 Å².